The molecule has 4 N–H and O–H groups in total. The van der Waals surface area contributed by atoms with Gasteiger partial charge in [0, 0.05) is 18.0 Å². The van der Waals surface area contributed by atoms with E-state index in [1.807, 2.05) is 30.3 Å². The Morgan fingerprint density at radius 3 is 2.39 bits per heavy atom. The average molecular weight is 268 g/mol. The van der Waals surface area contributed by atoms with Crippen molar-refractivity contribution in [2.75, 3.05) is 6.61 Å². The van der Waals surface area contributed by atoms with Gasteiger partial charge in [-0.2, -0.15) is 0 Å². The summed E-state index contributed by atoms with van der Waals surface area (Å²) in [5, 5.41) is 20.4. The standard InChI is InChI=1S/C14H17NO2.ClH/c15-13(6-3-9-16)11-7-8-14(17)12-5-2-1-4-10(11)12;/h1-2,4-5,7-8,13,16-17H,3,6,9,15H2;1H/t13-;/m0./s1. The number of phenolic OH excluding ortho intramolecular Hbond substituents is 1. The number of hydrogen-bond acceptors (Lipinski definition) is 3. The zero-order valence-corrected chi connectivity index (χ0v) is 10.9. The van der Waals surface area contributed by atoms with Crippen LogP contribution in [0.4, 0.5) is 0 Å². The average Bonchev–Trinajstić information content (AvgIpc) is 2.37. The third kappa shape index (κ3) is 2.93. The van der Waals surface area contributed by atoms with Crippen molar-refractivity contribution in [3.05, 3.63) is 42.0 Å². The zero-order chi connectivity index (χ0) is 12.3. The van der Waals surface area contributed by atoms with E-state index >= 15 is 0 Å². The highest BCUT2D eigenvalue weighted by atomic mass is 35.5. The van der Waals surface area contributed by atoms with Gasteiger partial charge in [-0.05, 0) is 29.9 Å². The summed E-state index contributed by atoms with van der Waals surface area (Å²) in [6.07, 6.45) is 1.43. The van der Waals surface area contributed by atoms with Crippen LogP contribution in [0.15, 0.2) is 36.4 Å². The summed E-state index contributed by atoms with van der Waals surface area (Å²) in [4.78, 5) is 0. The van der Waals surface area contributed by atoms with E-state index in [1.165, 1.54) is 0 Å². The van der Waals surface area contributed by atoms with Gasteiger partial charge in [-0.15, -0.1) is 12.4 Å². The third-order valence-electron chi connectivity index (χ3n) is 3.01. The van der Waals surface area contributed by atoms with Crippen LogP contribution in [0.25, 0.3) is 10.8 Å². The maximum atomic E-state index is 9.77. The molecule has 2 aromatic rings. The lowest BCUT2D eigenvalue weighted by Gasteiger charge is -2.14. The molecule has 0 aliphatic heterocycles. The number of halogens is 1. The molecule has 0 saturated carbocycles. The van der Waals surface area contributed by atoms with E-state index in [4.69, 9.17) is 10.8 Å². The van der Waals surface area contributed by atoms with Crippen LogP contribution in [0, 0.1) is 0 Å². The molecule has 2 aromatic carbocycles. The number of benzene rings is 2. The summed E-state index contributed by atoms with van der Waals surface area (Å²) in [7, 11) is 0. The van der Waals surface area contributed by atoms with Gasteiger partial charge in [0.2, 0.25) is 0 Å². The first-order valence-corrected chi connectivity index (χ1v) is 5.81. The van der Waals surface area contributed by atoms with Crippen molar-refractivity contribution in [2.24, 2.45) is 5.73 Å². The number of phenols is 1. The molecular formula is C14H18ClNO2. The van der Waals surface area contributed by atoms with Crippen LogP contribution in [0.3, 0.4) is 0 Å². The normalized spacial score (nSPS) is 12.1. The molecule has 98 valence electrons. The minimum absolute atomic E-state index is 0. The molecule has 0 spiro atoms. The van der Waals surface area contributed by atoms with Gasteiger partial charge in [-0.1, -0.05) is 30.3 Å². The van der Waals surface area contributed by atoms with E-state index in [1.54, 1.807) is 6.07 Å². The van der Waals surface area contributed by atoms with E-state index in [0.29, 0.717) is 6.42 Å². The quantitative estimate of drug-likeness (QED) is 0.798. The molecule has 0 radical (unpaired) electrons. The van der Waals surface area contributed by atoms with Crippen molar-refractivity contribution in [2.45, 2.75) is 18.9 Å². The highest BCUT2D eigenvalue weighted by Gasteiger charge is 2.11. The molecule has 0 bridgehead atoms. The summed E-state index contributed by atoms with van der Waals surface area (Å²) < 4.78 is 0. The molecule has 0 aromatic heterocycles. The second kappa shape index (κ2) is 6.59. The molecule has 3 nitrogen and oxygen atoms in total. The van der Waals surface area contributed by atoms with E-state index in [0.717, 1.165) is 22.8 Å². The highest BCUT2D eigenvalue weighted by Crippen LogP contribution is 2.31. The van der Waals surface area contributed by atoms with Gasteiger partial charge >= 0.3 is 0 Å². The van der Waals surface area contributed by atoms with Crippen molar-refractivity contribution in [3.63, 3.8) is 0 Å². The van der Waals surface area contributed by atoms with E-state index in [9.17, 15) is 5.11 Å². The van der Waals surface area contributed by atoms with Crippen LogP contribution in [0.1, 0.15) is 24.4 Å². The van der Waals surface area contributed by atoms with E-state index < -0.39 is 0 Å². The Morgan fingerprint density at radius 2 is 1.72 bits per heavy atom. The molecule has 18 heavy (non-hydrogen) atoms. The monoisotopic (exact) mass is 267 g/mol. The van der Waals surface area contributed by atoms with Crippen molar-refractivity contribution in [1.29, 1.82) is 0 Å². The van der Waals surface area contributed by atoms with Crippen LogP contribution >= 0.6 is 12.4 Å². The zero-order valence-electron chi connectivity index (χ0n) is 10.0. The van der Waals surface area contributed by atoms with Crippen LogP contribution < -0.4 is 5.73 Å². The fourth-order valence-corrected chi connectivity index (χ4v) is 2.10. The SMILES string of the molecule is Cl.N[C@@H](CCCO)c1ccc(O)c2ccccc12. The maximum Gasteiger partial charge on any atom is 0.123 e. The molecule has 0 heterocycles. The van der Waals surface area contributed by atoms with Gasteiger partial charge in [0.1, 0.15) is 5.75 Å². The fourth-order valence-electron chi connectivity index (χ4n) is 2.10. The minimum Gasteiger partial charge on any atom is -0.507 e. The number of aliphatic hydroxyl groups is 1. The Labute approximate surface area is 113 Å². The molecule has 0 unspecified atom stereocenters. The van der Waals surface area contributed by atoms with E-state index in [-0.39, 0.29) is 30.8 Å². The largest absolute Gasteiger partial charge is 0.507 e. The minimum atomic E-state index is -0.104. The first-order chi connectivity index (χ1) is 8.24. The Bertz CT molecular complexity index is 516. The summed E-state index contributed by atoms with van der Waals surface area (Å²) in [5.74, 6) is 0.277. The molecule has 0 saturated heterocycles. The molecule has 2 rings (SSSR count). The number of fused-ring (bicyclic) bond motifs is 1. The van der Waals surface area contributed by atoms with Gasteiger partial charge in [0.15, 0.2) is 0 Å². The Balaban J connectivity index is 0.00000162. The molecule has 0 aliphatic carbocycles. The Hall–Kier alpha value is -1.29. The first-order valence-electron chi connectivity index (χ1n) is 5.81. The van der Waals surface area contributed by atoms with Gasteiger partial charge in [-0.25, -0.2) is 0 Å². The van der Waals surface area contributed by atoms with Crippen molar-refractivity contribution in [1.82, 2.24) is 0 Å². The molecule has 0 amide bonds. The van der Waals surface area contributed by atoms with Gasteiger partial charge in [0.05, 0.1) is 0 Å². The first kappa shape index (κ1) is 14.8. The maximum absolute atomic E-state index is 9.77. The molecule has 0 fully saturated rings. The summed E-state index contributed by atoms with van der Waals surface area (Å²) in [6.45, 7) is 0.156. The van der Waals surface area contributed by atoms with Crippen LogP contribution in [-0.2, 0) is 0 Å². The van der Waals surface area contributed by atoms with Crippen molar-refractivity contribution >= 4 is 23.2 Å². The number of aliphatic hydroxyl groups excluding tert-OH is 1. The number of hydrogen-bond donors (Lipinski definition) is 3. The predicted molar refractivity (Wildman–Crippen MR) is 76.1 cm³/mol. The number of aromatic hydroxyl groups is 1. The second-order valence-corrected chi connectivity index (χ2v) is 4.19. The summed E-state index contributed by atoms with van der Waals surface area (Å²) >= 11 is 0. The third-order valence-corrected chi connectivity index (χ3v) is 3.01. The van der Waals surface area contributed by atoms with Crippen LogP contribution in [-0.4, -0.2) is 16.8 Å². The fraction of sp³-hybridized carbons (Fsp3) is 0.286. The van der Waals surface area contributed by atoms with Crippen molar-refractivity contribution < 1.29 is 10.2 Å². The van der Waals surface area contributed by atoms with Crippen molar-refractivity contribution in [3.8, 4) is 5.75 Å². The molecular weight excluding hydrogens is 250 g/mol. The summed E-state index contributed by atoms with van der Waals surface area (Å²) in [5.41, 5.74) is 7.12. The number of nitrogens with two attached hydrogens (primary N) is 1. The van der Waals surface area contributed by atoms with Gasteiger partial charge in [-0.3, -0.25) is 0 Å². The number of rotatable bonds is 4. The smallest absolute Gasteiger partial charge is 0.123 e. The lowest BCUT2D eigenvalue weighted by Crippen LogP contribution is -2.11. The molecule has 4 heteroatoms. The Kier molecular flexibility index (Phi) is 5.41. The molecule has 1 atom stereocenters. The summed E-state index contributed by atoms with van der Waals surface area (Å²) in [6, 6.07) is 11.1. The van der Waals surface area contributed by atoms with Crippen LogP contribution in [0.5, 0.6) is 5.75 Å². The van der Waals surface area contributed by atoms with Gasteiger partial charge < -0.3 is 15.9 Å². The predicted octanol–water partition coefficient (Wildman–Crippen LogP) is 2.74. The lowest BCUT2D eigenvalue weighted by molar-refractivity contribution is 0.280. The second-order valence-electron chi connectivity index (χ2n) is 4.19. The topological polar surface area (TPSA) is 66.5 Å². The van der Waals surface area contributed by atoms with Crippen LogP contribution in [0.2, 0.25) is 0 Å². The highest BCUT2D eigenvalue weighted by molar-refractivity contribution is 5.91. The van der Waals surface area contributed by atoms with Gasteiger partial charge in [0.25, 0.3) is 0 Å². The molecule has 0 aliphatic rings. The lowest BCUT2D eigenvalue weighted by atomic mass is 9.96. The van der Waals surface area contributed by atoms with E-state index in [2.05, 4.69) is 0 Å². The Morgan fingerprint density at radius 1 is 1.06 bits per heavy atom.